The second kappa shape index (κ2) is 8.92. The van der Waals surface area contributed by atoms with Gasteiger partial charge in [-0.15, -0.1) is 0 Å². The smallest absolute Gasteiger partial charge is 0.239 e. The van der Waals surface area contributed by atoms with Gasteiger partial charge in [-0.25, -0.2) is 0 Å². The number of carbonyl (C=O) groups is 3. The Morgan fingerprint density at radius 3 is 2.22 bits per heavy atom. The van der Waals surface area contributed by atoms with Crippen molar-refractivity contribution >= 4 is 17.7 Å². The van der Waals surface area contributed by atoms with E-state index in [0.29, 0.717) is 0 Å². The molecule has 1 rings (SSSR count). The summed E-state index contributed by atoms with van der Waals surface area (Å²) < 4.78 is 0. The van der Waals surface area contributed by atoms with Crippen LogP contribution in [0.4, 0.5) is 0 Å². The summed E-state index contributed by atoms with van der Waals surface area (Å²) in [5, 5.41) is 5.52. The first kappa shape index (κ1) is 18.7. The van der Waals surface area contributed by atoms with Gasteiger partial charge in [0.05, 0.1) is 19.0 Å². The molecule has 6 heteroatoms. The van der Waals surface area contributed by atoms with Gasteiger partial charge < -0.3 is 15.5 Å². The van der Waals surface area contributed by atoms with Crippen LogP contribution in [0.15, 0.2) is 30.3 Å². The Kier molecular flexibility index (Phi) is 7.25. The van der Waals surface area contributed by atoms with Crippen molar-refractivity contribution in [2.75, 3.05) is 13.6 Å². The first-order chi connectivity index (χ1) is 10.8. The molecule has 0 unspecified atom stereocenters. The molecule has 0 aromatic heterocycles. The molecule has 0 aliphatic rings. The van der Waals surface area contributed by atoms with Crippen molar-refractivity contribution < 1.29 is 14.4 Å². The van der Waals surface area contributed by atoms with Crippen LogP contribution in [-0.2, 0) is 14.4 Å². The molecule has 0 spiro atoms. The fourth-order valence-corrected chi connectivity index (χ4v) is 2.18. The van der Waals surface area contributed by atoms with Gasteiger partial charge in [0, 0.05) is 20.0 Å². The van der Waals surface area contributed by atoms with Gasteiger partial charge in [0.15, 0.2) is 0 Å². The quantitative estimate of drug-likeness (QED) is 0.793. The minimum atomic E-state index is -0.406. The van der Waals surface area contributed by atoms with Crippen molar-refractivity contribution in [1.29, 1.82) is 0 Å². The molecular formula is C17H25N3O3. The van der Waals surface area contributed by atoms with Gasteiger partial charge >= 0.3 is 0 Å². The monoisotopic (exact) mass is 319 g/mol. The van der Waals surface area contributed by atoms with E-state index in [2.05, 4.69) is 10.6 Å². The van der Waals surface area contributed by atoms with Crippen LogP contribution in [0.3, 0.4) is 0 Å². The Hall–Kier alpha value is -2.37. The highest BCUT2D eigenvalue weighted by molar-refractivity contribution is 5.85. The van der Waals surface area contributed by atoms with Crippen LogP contribution in [-0.4, -0.2) is 42.3 Å². The summed E-state index contributed by atoms with van der Waals surface area (Å²) in [6, 6.07) is 8.93. The van der Waals surface area contributed by atoms with E-state index in [1.54, 1.807) is 7.05 Å². The van der Waals surface area contributed by atoms with Crippen molar-refractivity contribution in [2.24, 2.45) is 0 Å². The number of hydrogen-bond acceptors (Lipinski definition) is 3. The van der Waals surface area contributed by atoms with Gasteiger partial charge in [-0.2, -0.15) is 0 Å². The van der Waals surface area contributed by atoms with E-state index in [9.17, 15) is 14.4 Å². The summed E-state index contributed by atoms with van der Waals surface area (Å²) in [5.74, 6) is -0.606. The average molecular weight is 319 g/mol. The molecule has 0 radical (unpaired) electrons. The van der Waals surface area contributed by atoms with E-state index in [4.69, 9.17) is 0 Å². The third-order valence-electron chi connectivity index (χ3n) is 3.21. The van der Waals surface area contributed by atoms with Crippen LogP contribution in [0.2, 0.25) is 0 Å². The predicted octanol–water partition coefficient (Wildman–Crippen LogP) is 1.24. The molecule has 2 N–H and O–H groups in total. The zero-order chi connectivity index (χ0) is 17.4. The van der Waals surface area contributed by atoms with Crippen LogP contribution < -0.4 is 10.6 Å². The Morgan fingerprint density at radius 2 is 1.70 bits per heavy atom. The third kappa shape index (κ3) is 6.95. The topological polar surface area (TPSA) is 78.5 Å². The summed E-state index contributed by atoms with van der Waals surface area (Å²) in [7, 11) is 1.58. The van der Waals surface area contributed by atoms with Crippen LogP contribution >= 0.6 is 0 Å². The number of nitrogens with zero attached hydrogens (tertiary/aromatic N) is 1. The Balaban J connectivity index is 2.69. The molecule has 0 saturated heterocycles. The summed E-state index contributed by atoms with van der Waals surface area (Å²) in [4.78, 5) is 36.8. The molecule has 1 aromatic rings. The first-order valence-electron chi connectivity index (χ1n) is 7.65. The van der Waals surface area contributed by atoms with Crippen molar-refractivity contribution in [3.8, 4) is 0 Å². The molecular weight excluding hydrogens is 294 g/mol. The minimum Gasteiger partial charge on any atom is -0.352 e. The zero-order valence-corrected chi connectivity index (χ0v) is 14.1. The number of amides is 3. The largest absolute Gasteiger partial charge is 0.352 e. The van der Waals surface area contributed by atoms with Crippen LogP contribution in [0.5, 0.6) is 0 Å². The molecule has 23 heavy (non-hydrogen) atoms. The number of rotatable bonds is 7. The van der Waals surface area contributed by atoms with Crippen molar-refractivity contribution in [3.63, 3.8) is 0 Å². The molecule has 3 amide bonds. The maximum Gasteiger partial charge on any atom is 0.239 e. The normalized spacial score (nSPS) is 11.7. The lowest BCUT2D eigenvalue weighted by Crippen LogP contribution is -2.42. The molecule has 1 atom stereocenters. The lowest BCUT2D eigenvalue weighted by atomic mass is 10.0. The highest BCUT2D eigenvalue weighted by atomic mass is 16.2. The number of nitrogens with one attached hydrogen (secondary N) is 2. The molecule has 0 heterocycles. The van der Waals surface area contributed by atoms with Gasteiger partial charge in [0.2, 0.25) is 17.7 Å². The molecule has 6 nitrogen and oxygen atoms in total. The predicted molar refractivity (Wildman–Crippen MR) is 88.5 cm³/mol. The van der Waals surface area contributed by atoms with Crippen LogP contribution in [0, 0.1) is 0 Å². The lowest BCUT2D eigenvalue weighted by Gasteiger charge is -2.22. The Labute approximate surface area is 137 Å². The first-order valence-corrected chi connectivity index (χ1v) is 7.65. The number of hydrogen-bond donors (Lipinski definition) is 2. The fraction of sp³-hybridized carbons (Fsp3) is 0.471. The van der Waals surface area contributed by atoms with Crippen molar-refractivity contribution in [1.82, 2.24) is 15.5 Å². The van der Waals surface area contributed by atoms with Crippen LogP contribution in [0.25, 0.3) is 0 Å². The van der Waals surface area contributed by atoms with E-state index in [0.717, 1.165) is 5.56 Å². The van der Waals surface area contributed by atoms with E-state index in [1.165, 1.54) is 11.8 Å². The number of likely N-dealkylation sites (N-methyl/N-ethyl adjacent to an activating group) is 1. The third-order valence-corrected chi connectivity index (χ3v) is 3.21. The summed E-state index contributed by atoms with van der Waals surface area (Å²) in [6.07, 6.45) is 0.106. The molecule has 0 bridgehead atoms. The molecule has 126 valence electrons. The maximum absolute atomic E-state index is 12.3. The highest BCUT2D eigenvalue weighted by Gasteiger charge is 2.20. The molecule has 1 aromatic carbocycles. The van der Waals surface area contributed by atoms with E-state index in [-0.39, 0.29) is 36.7 Å². The minimum absolute atomic E-state index is 0.00139. The zero-order valence-electron chi connectivity index (χ0n) is 14.1. The van der Waals surface area contributed by atoms with Crippen molar-refractivity contribution in [3.05, 3.63) is 35.9 Å². The molecule has 0 aliphatic carbocycles. The maximum atomic E-state index is 12.3. The summed E-state index contributed by atoms with van der Waals surface area (Å²) in [5.41, 5.74) is 0.857. The summed E-state index contributed by atoms with van der Waals surface area (Å²) in [6.45, 7) is 5.14. The molecule has 0 aliphatic heterocycles. The molecule has 0 saturated carbocycles. The van der Waals surface area contributed by atoms with E-state index in [1.807, 2.05) is 44.2 Å². The van der Waals surface area contributed by atoms with E-state index >= 15 is 0 Å². The lowest BCUT2D eigenvalue weighted by molar-refractivity contribution is -0.135. The van der Waals surface area contributed by atoms with Gasteiger partial charge in [-0.05, 0) is 19.4 Å². The number of benzene rings is 1. The molecule has 0 fully saturated rings. The van der Waals surface area contributed by atoms with Crippen LogP contribution in [0.1, 0.15) is 38.8 Å². The Morgan fingerprint density at radius 1 is 1.09 bits per heavy atom. The van der Waals surface area contributed by atoms with Gasteiger partial charge in [0.25, 0.3) is 0 Å². The SMILES string of the molecule is CC(=O)N[C@@H](CC(=O)N(C)CC(=O)NC(C)C)c1ccccc1. The summed E-state index contributed by atoms with van der Waals surface area (Å²) >= 11 is 0. The van der Waals surface area contributed by atoms with Gasteiger partial charge in [-0.1, -0.05) is 30.3 Å². The average Bonchev–Trinajstić information content (AvgIpc) is 2.45. The van der Waals surface area contributed by atoms with Crippen molar-refractivity contribution in [2.45, 2.75) is 39.3 Å². The number of carbonyl (C=O) groups excluding carboxylic acids is 3. The van der Waals surface area contributed by atoms with E-state index < -0.39 is 6.04 Å². The van der Waals surface area contributed by atoms with Gasteiger partial charge in [-0.3, -0.25) is 14.4 Å². The highest BCUT2D eigenvalue weighted by Crippen LogP contribution is 2.17. The Bertz CT molecular complexity index is 543. The second-order valence-electron chi connectivity index (χ2n) is 5.84. The van der Waals surface area contributed by atoms with Gasteiger partial charge in [0.1, 0.15) is 0 Å². The standard InChI is InChI=1S/C17H25N3O3/c1-12(2)18-16(22)11-20(4)17(23)10-15(19-13(3)21)14-8-6-5-7-9-14/h5-9,12,15H,10-11H2,1-4H3,(H,18,22)(H,19,21)/t15-/m0/s1. The second-order valence-corrected chi connectivity index (χ2v) is 5.84. The fourth-order valence-electron chi connectivity index (χ4n) is 2.18.